The van der Waals surface area contributed by atoms with Gasteiger partial charge in [0.25, 0.3) is 5.91 Å². The van der Waals surface area contributed by atoms with Crippen LogP contribution in [0.1, 0.15) is 55.2 Å². The number of hydrogen-bond donors (Lipinski definition) is 4. The van der Waals surface area contributed by atoms with Crippen molar-refractivity contribution in [2.75, 3.05) is 13.1 Å². The van der Waals surface area contributed by atoms with Gasteiger partial charge in [0.05, 0.1) is 18.9 Å². The van der Waals surface area contributed by atoms with Crippen molar-refractivity contribution >= 4 is 17.8 Å². The second-order valence-electron chi connectivity index (χ2n) is 8.62. The molecule has 0 aliphatic rings. The third kappa shape index (κ3) is 12.2. The van der Waals surface area contributed by atoms with Crippen LogP contribution in [0.3, 0.4) is 0 Å². The monoisotopic (exact) mass is 482 g/mol. The van der Waals surface area contributed by atoms with Gasteiger partial charge in [0.1, 0.15) is 0 Å². The second-order valence-corrected chi connectivity index (χ2v) is 8.62. The summed E-state index contributed by atoms with van der Waals surface area (Å²) in [6.45, 7) is 0.650. The Balaban J connectivity index is 1.61. The average Bonchev–Trinajstić information content (AvgIpc) is 2.86. The van der Waals surface area contributed by atoms with Crippen LogP contribution >= 0.6 is 0 Å². The van der Waals surface area contributed by atoms with E-state index in [1.54, 1.807) is 0 Å². The lowest BCUT2D eigenvalue weighted by molar-refractivity contribution is -0.158. The van der Waals surface area contributed by atoms with Crippen LogP contribution < -0.4 is 22.3 Å². The van der Waals surface area contributed by atoms with Gasteiger partial charge >= 0.3 is 5.97 Å². The molecule has 2 aromatic carbocycles. The molecule has 0 bridgehead atoms. The Kier molecular flexibility index (Phi) is 13.1. The largest absolute Gasteiger partial charge is 0.354 e. The van der Waals surface area contributed by atoms with Crippen molar-refractivity contribution in [3.8, 4) is 0 Å². The Morgan fingerprint density at radius 2 is 1.54 bits per heavy atom. The second kappa shape index (κ2) is 16.4. The summed E-state index contributed by atoms with van der Waals surface area (Å²) < 4.78 is 0. The molecule has 0 saturated carbocycles. The molecule has 2 amide bonds. The SMILES string of the molecule is NCCCC[C@H](N)C(=O)NCCC(=O)ONC(=O)Cc1cccc(CCCCc2ccccc2)c1. The number of benzene rings is 2. The molecule has 6 N–H and O–H groups in total. The van der Waals surface area contributed by atoms with Crippen molar-refractivity contribution < 1.29 is 19.2 Å². The van der Waals surface area contributed by atoms with E-state index in [2.05, 4.69) is 41.1 Å². The van der Waals surface area contributed by atoms with Crippen molar-refractivity contribution in [1.82, 2.24) is 10.8 Å². The van der Waals surface area contributed by atoms with Gasteiger partial charge in [-0.2, -0.15) is 5.48 Å². The maximum absolute atomic E-state index is 12.2. The number of nitrogens with one attached hydrogen (secondary N) is 2. The maximum Gasteiger partial charge on any atom is 0.334 e. The van der Waals surface area contributed by atoms with Gasteiger partial charge < -0.3 is 21.6 Å². The van der Waals surface area contributed by atoms with Crippen molar-refractivity contribution in [3.05, 3.63) is 71.3 Å². The normalized spacial score (nSPS) is 11.5. The van der Waals surface area contributed by atoms with E-state index in [0.717, 1.165) is 44.1 Å². The number of rotatable bonds is 15. The van der Waals surface area contributed by atoms with Crippen molar-refractivity contribution in [3.63, 3.8) is 0 Å². The maximum atomic E-state index is 12.2. The molecule has 8 heteroatoms. The van der Waals surface area contributed by atoms with Gasteiger partial charge in [-0.05, 0) is 61.8 Å². The predicted molar refractivity (Wildman–Crippen MR) is 136 cm³/mol. The molecule has 2 aromatic rings. The summed E-state index contributed by atoms with van der Waals surface area (Å²) in [6, 6.07) is 17.7. The van der Waals surface area contributed by atoms with E-state index in [4.69, 9.17) is 16.3 Å². The van der Waals surface area contributed by atoms with Crippen LogP contribution in [-0.4, -0.2) is 36.9 Å². The number of amides is 2. The number of carbonyl (C=O) groups excluding carboxylic acids is 3. The lowest BCUT2D eigenvalue weighted by Crippen LogP contribution is -2.41. The van der Waals surface area contributed by atoms with Crippen LogP contribution in [0.2, 0.25) is 0 Å². The zero-order chi connectivity index (χ0) is 25.3. The third-order valence-electron chi connectivity index (χ3n) is 5.59. The van der Waals surface area contributed by atoms with Gasteiger partial charge in [0, 0.05) is 6.54 Å². The topological polar surface area (TPSA) is 137 Å². The fourth-order valence-corrected chi connectivity index (χ4v) is 3.64. The van der Waals surface area contributed by atoms with E-state index in [9.17, 15) is 14.4 Å². The minimum absolute atomic E-state index is 0.0694. The summed E-state index contributed by atoms with van der Waals surface area (Å²) in [5, 5.41) is 2.60. The molecule has 0 radical (unpaired) electrons. The third-order valence-corrected chi connectivity index (χ3v) is 5.59. The lowest BCUT2D eigenvalue weighted by atomic mass is 10.0. The molecule has 0 aliphatic heterocycles. The van der Waals surface area contributed by atoms with Crippen LogP contribution in [0.5, 0.6) is 0 Å². The Hall–Kier alpha value is -3.23. The van der Waals surface area contributed by atoms with E-state index in [1.165, 1.54) is 11.1 Å². The van der Waals surface area contributed by atoms with Crippen LogP contribution in [0.4, 0.5) is 0 Å². The van der Waals surface area contributed by atoms with Crippen LogP contribution in [0, 0.1) is 0 Å². The van der Waals surface area contributed by atoms with Gasteiger partial charge in [0.2, 0.25) is 5.91 Å². The molecule has 2 rings (SSSR count). The Morgan fingerprint density at radius 1 is 0.857 bits per heavy atom. The highest BCUT2D eigenvalue weighted by molar-refractivity contribution is 5.82. The number of nitrogens with two attached hydrogens (primary N) is 2. The van der Waals surface area contributed by atoms with E-state index >= 15 is 0 Å². The molecule has 0 aliphatic carbocycles. The minimum Gasteiger partial charge on any atom is -0.354 e. The van der Waals surface area contributed by atoms with Gasteiger partial charge in [-0.3, -0.25) is 9.59 Å². The van der Waals surface area contributed by atoms with Crippen molar-refractivity contribution in [2.24, 2.45) is 11.5 Å². The molecular weight excluding hydrogens is 444 g/mol. The van der Waals surface area contributed by atoms with E-state index in [-0.39, 0.29) is 25.3 Å². The first-order chi connectivity index (χ1) is 17.0. The van der Waals surface area contributed by atoms with Crippen molar-refractivity contribution in [2.45, 2.75) is 63.8 Å². The van der Waals surface area contributed by atoms with Crippen LogP contribution in [-0.2, 0) is 38.5 Å². The molecule has 35 heavy (non-hydrogen) atoms. The molecule has 8 nitrogen and oxygen atoms in total. The Labute approximate surface area is 207 Å². The van der Waals surface area contributed by atoms with E-state index in [1.807, 2.05) is 24.3 Å². The summed E-state index contributed by atoms with van der Waals surface area (Å²) in [5.41, 5.74) is 16.8. The van der Waals surface area contributed by atoms with E-state index in [0.29, 0.717) is 13.0 Å². The number of carbonyl (C=O) groups is 3. The fraction of sp³-hybridized carbons (Fsp3) is 0.444. The summed E-state index contributed by atoms with van der Waals surface area (Å²) in [5.74, 6) is -1.37. The highest BCUT2D eigenvalue weighted by atomic mass is 16.7. The summed E-state index contributed by atoms with van der Waals surface area (Å²) >= 11 is 0. The smallest absolute Gasteiger partial charge is 0.334 e. The van der Waals surface area contributed by atoms with Gasteiger partial charge in [-0.15, -0.1) is 0 Å². The fourth-order valence-electron chi connectivity index (χ4n) is 3.64. The molecule has 0 fully saturated rings. The molecule has 0 heterocycles. The molecule has 0 saturated heterocycles. The number of aryl methyl sites for hydroxylation is 2. The minimum atomic E-state index is -0.637. The predicted octanol–water partition coefficient (Wildman–Crippen LogP) is 2.33. The Bertz CT molecular complexity index is 920. The number of unbranched alkanes of at least 4 members (excludes halogenated alkanes) is 2. The standard InChI is InChI=1S/C27H38N4O4/c28-17-7-6-15-24(29)27(34)30-18-16-26(33)35-31-25(32)20-23-14-8-13-22(19-23)12-5-4-11-21-9-2-1-3-10-21/h1-3,8-10,13-14,19,24H,4-7,11-12,15-18,20,28-29H2,(H,30,34)(H,31,32)/t24-/m0/s1. The van der Waals surface area contributed by atoms with E-state index < -0.39 is 17.9 Å². The van der Waals surface area contributed by atoms with Gasteiger partial charge in [-0.25, -0.2) is 4.79 Å². The zero-order valence-electron chi connectivity index (χ0n) is 20.3. The summed E-state index contributed by atoms with van der Waals surface area (Å²) in [4.78, 5) is 40.7. The quantitative estimate of drug-likeness (QED) is 0.227. The summed E-state index contributed by atoms with van der Waals surface area (Å²) in [6.07, 6.45) is 6.34. The molecule has 190 valence electrons. The van der Waals surface area contributed by atoms with Gasteiger partial charge in [0.15, 0.2) is 0 Å². The number of hydroxylamine groups is 1. The molecular formula is C27H38N4O4. The van der Waals surface area contributed by atoms with Crippen molar-refractivity contribution in [1.29, 1.82) is 0 Å². The molecule has 0 unspecified atom stereocenters. The summed E-state index contributed by atoms with van der Waals surface area (Å²) in [7, 11) is 0. The Morgan fingerprint density at radius 3 is 2.29 bits per heavy atom. The first-order valence-electron chi connectivity index (χ1n) is 12.3. The first-order valence-corrected chi connectivity index (χ1v) is 12.3. The average molecular weight is 483 g/mol. The molecule has 1 atom stereocenters. The first kappa shape index (κ1) is 28.0. The van der Waals surface area contributed by atoms with Crippen LogP contribution in [0.15, 0.2) is 54.6 Å². The van der Waals surface area contributed by atoms with Crippen LogP contribution in [0.25, 0.3) is 0 Å². The highest BCUT2D eigenvalue weighted by Gasteiger charge is 2.14. The molecule has 0 spiro atoms. The van der Waals surface area contributed by atoms with Gasteiger partial charge in [-0.1, -0.05) is 61.0 Å². The zero-order valence-corrected chi connectivity index (χ0v) is 20.3. The number of hydrogen-bond acceptors (Lipinski definition) is 6. The highest BCUT2D eigenvalue weighted by Crippen LogP contribution is 2.12. The lowest BCUT2D eigenvalue weighted by Gasteiger charge is -2.12. The molecule has 0 aromatic heterocycles.